The predicted molar refractivity (Wildman–Crippen MR) is 116 cm³/mol. The fourth-order valence-corrected chi connectivity index (χ4v) is 4.03. The molecule has 0 saturated carbocycles. The number of methoxy groups -OCH3 is 1. The molecule has 0 spiro atoms. The van der Waals surface area contributed by atoms with Crippen LogP contribution in [0.3, 0.4) is 0 Å². The summed E-state index contributed by atoms with van der Waals surface area (Å²) in [5, 5.41) is 7.77. The van der Waals surface area contributed by atoms with E-state index >= 15 is 0 Å². The minimum atomic E-state index is -0.431. The zero-order valence-corrected chi connectivity index (χ0v) is 15.8. The second kappa shape index (κ2) is 6.30. The van der Waals surface area contributed by atoms with Gasteiger partial charge in [0.05, 0.1) is 5.50 Å². The number of allylic oxidation sites excluding steroid dienone is 1. The topological polar surface area (TPSA) is 9.23 Å². The summed E-state index contributed by atoms with van der Waals surface area (Å²) in [6.07, 6.45) is 2.19. The normalized spacial score (nSPS) is 13.8. The minimum absolute atomic E-state index is 0.431. The van der Waals surface area contributed by atoms with Crippen molar-refractivity contribution < 1.29 is 4.74 Å². The molecule has 0 amide bonds. The highest BCUT2D eigenvalue weighted by molar-refractivity contribution is 6.25. The Morgan fingerprint density at radius 2 is 1.23 bits per heavy atom. The van der Waals surface area contributed by atoms with Crippen LogP contribution >= 0.6 is 0 Å². The molecule has 1 atom stereocenters. The smallest absolute Gasteiger partial charge is 0.154 e. The summed E-state index contributed by atoms with van der Waals surface area (Å²) in [4.78, 5) is 0. The van der Waals surface area contributed by atoms with Gasteiger partial charge in [0.1, 0.15) is 0 Å². The van der Waals surface area contributed by atoms with Crippen molar-refractivity contribution in [2.45, 2.75) is 19.3 Å². The largest absolute Gasteiger partial charge is 0.379 e. The van der Waals surface area contributed by atoms with Crippen LogP contribution in [0.5, 0.6) is 0 Å². The number of fused-ring (bicyclic) bond motifs is 6. The first-order chi connectivity index (χ1) is 12.5. The van der Waals surface area contributed by atoms with Crippen molar-refractivity contribution in [3.8, 4) is 0 Å². The molecule has 0 aromatic heterocycles. The lowest BCUT2D eigenvalue weighted by Gasteiger charge is -2.27. The van der Waals surface area contributed by atoms with Crippen molar-refractivity contribution in [2.24, 2.45) is 0 Å². The lowest BCUT2D eigenvalue weighted by atomic mass is 9.73. The standard InChI is InChI=1S/C24H23BO/c1-16(2)15-24(25,26-3)17-12-13-22-20-10-5-4-8-18(20)19-9-6-7-11-21(19)23(22)14-17/h4-15H,25H2,1-3H3. The van der Waals surface area contributed by atoms with Crippen molar-refractivity contribution >= 4 is 40.2 Å². The molecule has 4 aromatic carbocycles. The summed E-state index contributed by atoms with van der Waals surface area (Å²) in [5.74, 6) is 0. The number of rotatable bonds is 3. The summed E-state index contributed by atoms with van der Waals surface area (Å²) in [6.45, 7) is 4.22. The van der Waals surface area contributed by atoms with E-state index in [0.29, 0.717) is 0 Å². The van der Waals surface area contributed by atoms with Crippen LogP contribution in [0.25, 0.3) is 32.3 Å². The monoisotopic (exact) mass is 338 g/mol. The van der Waals surface area contributed by atoms with Crippen molar-refractivity contribution in [3.05, 3.63) is 83.9 Å². The molecule has 128 valence electrons. The maximum absolute atomic E-state index is 5.91. The Morgan fingerprint density at radius 3 is 1.69 bits per heavy atom. The Hall–Kier alpha value is -2.58. The molecule has 0 aliphatic heterocycles. The summed E-state index contributed by atoms with van der Waals surface area (Å²) < 4.78 is 5.91. The number of ether oxygens (including phenoxy) is 1. The zero-order chi connectivity index (χ0) is 18.3. The van der Waals surface area contributed by atoms with Gasteiger partial charge in [0.25, 0.3) is 0 Å². The second-order valence-electron chi connectivity index (χ2n) is 7.38. The first-order valence-electron chi connectivity index (χ1n) is 9.08. The molecule has 0 heterocycles. The van der Waals surface area contributed by atoms with Gasteiger partial charge >= 0.3 is 0 Å². The van der Waals surface area contributed by atoms with Gasteiger partial charge in [-0.25, -0.2) is 0 Å². The van der Waals surface area contributed by atoms with Crippen LogP contribution in [-0.2, 0) is 10.2 Å². The van der Waals surface area contributed by atoms with Crippen LogP contribution in [0.2, 0.25) is 0 Å². The summed E-state index contributed by atoms with van der Waals surface area (Å²) in [7, 11) is 3.91. The molecular weight excluding hydrogens is 315 g/mol. The first-order valence-corrected chi connectivity index (χ1v) is 9.08. The SMILES string of the molecule is BC(C=C(C)C)(OC)c1ccc2c3ccccc3c3ccccc3c2c1. The van der Waals surface area contributed by atoms with Crippen molar-refractivity contribution in [1.82, 2.24) is 0 Å². The third kappa shape index (κ3) is 2.62. The van der Waals surface area contributed by atoms with Gasteiger partial charge in [-0.3, -0.25) is 0 Å². The van der Waals surface area contributed by atoms with Gasteiger partial charge in [-0.2, -0.15) is 0 Å². The molecule has 0 radical (unpaired) electrons. The molecule has 0 saturated heterocycles. The van der Waals surface area contributed by atoms with Gasteiger partial charge in [-0.15, -0.1) is 0 Å². The van der Waals surface area contributed by atoms with E-state index in [0.717, 1.165) is 0 Å². The van der Waals surface area contributed by atoms with Crippen LogP contribution in [0.4, 0.5) is 0 Å². The average Bonchev–Trinajstić information content (AvgIpc) is 2.67. The summed E-state index contributed by atoms with van der Waals surface area (Å²) in [5.41, 5.74) is 1.99. The van der Waals surface area contributed by atoms with Crippen LogP contribution in [0, 0.1) is 0 Å². The third-order valence-electron chi connectivity index (χ3n) is 5.31. The summed E-state index contributed by atoms with van der Waals surface area (Å²) in [6, 6.07) is 24.1. The van der Waals surface area contributed by atoms with Gasteiger partial charge in [0, 0.05) is 7.11 Å². The Balaban J connectivity index is 2.13. The predicted octanol–water partition coefficient (Wildman–Crippen LogP) is 5.54. The highest BCUT2D eigenvalue weighted by Crippen LogP contribution is 2.37. The van der Waals surface area contributed by atoms with Gasteiger partial charge in [-0.1, -0.05) is 72.3 Å². The van der Waals surface area contributed by atoms with Crippen LogP contribution in [0.1, 0.15) is 19.4 Å². The third-order valence-corrected chi connectivity index (χ3v) is 5.31. The van der Waals surface area contributed by atoms with E-state index in [1.165, 1.54) is 43.5 Å². The molecule has 1 unspecified atom stereocenters. The fourth-order valence-electron chi connectivity index (χ4n) is 4.03. The van der Waals surface area contributed by atoms with Gasteiger partial charge in [0.2, 0.25) is 0 Å². The lowest BCUT2D eigenvalue weighted by molar-refractivity contribution is 0.102. The summed E-state index contributed by atoms with van der Waals surface area (Å²) >= 11 is 0. The molecule has 0 fully saturated rings. The first kappa shape index (κ1) is 16.9. The Labute approximate surface area is 155 Å². The van der Waals surface area contributed by atoms with Gasteiger partial charge in [0.15, 0.2) is 7.85 Å². The highest BCUT2D eigenvalue weighted by atomic mass is 16.5. The lowest BCUT2D eigenvalue weighted by Crippen LogP contribution is -2.26. The quantitative estimate of drug-likeness (QED) is 0.271. The van der Waals surface area contributed by atoms with E-state index in [1.54, 1.807) is 7.11 Å². The van der Waals surface area contributed by atoms with Crippen molar-refractivity contribution in [1.29, 1.82) is 0 Å². The van der Waals surface area contributed by atoms with E-state index in [4.69, 9.17) is 4.74 Å². The molecular formula is C24H23BO. The van der Waals surface area contributed by atoms with E-state index < -0.39 is 5.50 Å². The Kier molecular flexibility index (Phi) is 4.09. The number of hydrogen-bond donors (Lipinski definition) is 0. The maximum Gasteiger partial charge on any atom is 0.154 e. The molecule has 1 nitrogen and oxygen atoms in total. The zero-order valence-electron chi connectivity index (χ0n) is 15.8. The van der Waals surface area contributed by atoms with E-state index in [1.807, 2.05) is 0 Å². The van der Waals surface area contributed by atoms with Gasteiger partial charge < -0.3 is 4.74 Å². The molecule has 0 N–H and O–H groups in total. The molecule has 2 heteroatoms. The average molecular weight is 338 g/mol. The van der Waals surface area contributed by atoms with Crippen LogP contribution in [-0.4, -0.2) is 15.0 Å². The molecule has 4 rings (SSSR count). The van der Waals surface area contributed by atoms with Crippen LogP contribution < -0.4 is 0 Å². The highest BCUT2D eigenvalue weighted by Gasteiger charge is 2.24. The molecule has 26 heavy (non-hydrogen) atoms. The maximum atomic E-state index is 5.91. The van der Waals surface area contributed by atoms with E-state index in [9.17, 15) is 0 Å². The van der Waals surface area contributed by atoms with E-state index in [2.05, 4.69) is 94.5 Å². The molecule has 4 aromatic rings. The van der Waals surface area contributed by atoms with Crippen molar-refractivity contribution in [3.63, 3.8) is 0 Å². The molecule has 0 aliphatic rings. The van der Waals surface area contributed by atoms with Gasteiger partial charge in [-0.05, 0) is 57.8 Å². The Bertz CT molecular complexity index is 1120. The number of benzene rings is 4. The van der Waals surface area contributed by atoms with E-state index in [-0.39, 0.29) is 0 Å². The van der Waals surface area contributed by atoms with Crippen molar-refractivity contribution in [2.75, 3.05) is 7.11 Å². The fraction of sp³-hybridized carbons (Fsp3) is 0.167. The van der Waals surface area contributed by atoms with Crippen LogP contribution in [0.15, 0.2) is 78.4 Å². The minimum Gasteiger partial charge on any atom is -0.379 e. The number of hydrogen-bond acceptors (Lipinski definition) is 1. The second-order valence-corrected chi connectivity index (χ2v) is 7.38. The molecule has 0 bridgehead atoms. The molecule has 0 aliphatic carbocycles. The Morgan fingerprint density at radius 1 is 0.769 bits per heavy atom.